The zero-order chi connectivity index (χ0) is 13.9. The highest BCUT2D eigenvalue weighted by atomic mass is 16.5. The molecule has 0 amide bonds. The van der Waals surface area contributed by atoms with E-state index in [2.05, 4.69) is 16.0 Å². The van der Waals surface area contributed by atoms with Gasteiger partial charge in [-0.2, -0.15) is 0 Å². The molecule has 0 unspecified atom stereocenters. The number of para-hydroxylation sites is 1. The second-order valence-corrected chi connectivity index (χ2v) is 4.69. The Morgan fingerprint density at radius 1 is 1.30 bits per heavy atom. The van der Waals surface area contributed by atoms with Crippen LogP contribution in [0.1, 0.15) is 11.1 Å². The Hall–Kier alpha value is -2.56. The lowest BCUT2D eigenvalue weighted by Gasteiger charge is -2.21. The lowest BCUT2D eigenvalue weighted by atomic mass is 10.2. The molecule has 20 heavy (non-hydrogen) atoms. The SMILES string of the molecule is N=C(N)c1ccnc(N2CCOc3ccccc3C2)c1. The quantitative estimate of drug-likeness (QED) is 0.643. The van der Waals surface area contributed by atoms with Gasteiger partial charge in [0.1, 0.15) is 24.0 Å². The zero-order valence-corrected chi connectivity index (χ0v) is 11.0. The molecule has 102 valence electrons. The predicted molar refractivity (Wildman–Crippen MR) is 78.2 cm³/mol. The van der Waals surface area contributed by atoms with E-state index in [1.807, 2.05) is 24.3 Å². The fraction of sp³-hybridized carbons (Fsp3) is 0.200. The van der Waals surface area contributed by atoms with Crippen molar-refractivity contribution in [2.24, 2.45) is 5.73 Å². The Bertz CT molecular complexity index is 641. The van der Waals surface area contributed by atoms with Crippen molar-refractivity contribution in [3.8, 4) is 5.75 Å². The summed E-state index contributed by atoms with van der Waals surface area (Å²) in [5.74, 6) is 1.80. The Balaban J connectivity index is 1.91. The number of pyridine rings is 1. The van der Waals surface area contributed by atoms with Crippen molar-refractivity contribution < 1.29 is 4.74 Å². The van der Waals surface area contributed by atoms with Gasteiger partial charge in [-0.05, 0) is 18.2 Å². The molecule has 0 saturated carbocycles. The van der Waals surface area contributed by atoms with Gasteiger partial charge in [-0.1, -0.05) is 18.2 Å². The van der Waals surface area contributed by atoms with Gasteiger partial charge in [-0.25, -0.2) is 4.98 Å². The number of anilines is 1. The number of rotatable bonds is 2. The fourth-order valence-corrected chi connectivity index (χ4v) is 2.28. The number of ether oxygens (including phenoxy) is 1. The summed E-state index contributed by atoms with van der Waals surface area (Å²) >= 11 is 0. The Morgan fingerprint density at radius 2 is 2.15 bits per heavy atom. The number of hydrogen-bond donors (Lipinski definition) is 2. The number of nitrogen functional groups attached to an aromatic ring is 1. The maximum absolute atomic E-state index is 7.51. The first-order chi connectivity index (χ1) is 9.74. The number of nitrogens with one attached hydrogen (secondary N) is 1. The molecular formula is C15H16N4O. The van der Waals surface area contributed by atoms with E-state index in [4.69, 9.17) is 15.9 Å². The molecule has 5 heteroatoms. The molecule has 0 bridgehead atoms. The normalized spacial score (nSPS) is 14.1. The van der Waals surface area contributed by atoms with Crippen LogP contribution in [0.4, 0.5) is 5.82 Å². The summed E-state index contributed by atoms with van der Waals surface area (Å²) < 4.78 is 5.74. The van der Waals surface area contributed by atoms with Crippen LogP contribution in [0.15, 0.2) is 42.6 Å². The summed E-state index contributed by atoms with van der Waals surface area (Å²) in [6.07, 6.45) is 1.68. The van der Waals surface area contributed by atoms with E-state index in [0.717, 1.165) is 30.2 Å². The number of amidine groups is 1. The van der Waals surface area contributed by atoms with Gasteiger partial charge in [0.05, 0.1) is 6.54 Å². The Kier molecular flexibility index (Phi) is 3.25. The first-order valence-corrected chi connectivity index (χ1v) is 6.50. The highest BCUT2D eigenvalue weighted by Gasteiger charge is 2.16. The molecule has 0 aliphatic carbocycles. The van der Waals surface area contributed by atoms with Crippen molar-refractivity contribution in [2.75, 3.05) is 18.1 Å². The van der Waals surface area contributed by atoms with Gasteiger partial charge in [0.2, 0.25) is 0 Å². The number of nitrogens with two attached hydrogens (primary N) is 1. The molecular weight excluding hydrogens is 252 g/mol. The highest BCUT2D eigenvalue weighted by molar-refractivity contribution is 5.95. The van der Waals surface area contributed by atoms with Crippen LogP contribution in [-0.2, 0) is 6.54 Å². The topological polar surface area (TPSA) is 75.2 Å². The molecule has 1 aliphatic heterocycles. The maximum Gasteiger partial charge on any atom is 0.129 e. The van der Waals surface area contributed by atoms with Crippen molar-refractivity contribution in [2.45, 2.75) is 6.54 Å². The summed E-state index contributed by atoms with van der Waals surface area (Å²) in [5, 5.41) is 7.51. The third-order valence-corrected chi connectivity index (χ3v) is 3.33. The second kappa shape index (κ2) is 5.21. The van der Waals surface area contributed by atoms with E-state index in [-0.39, 0.29) is 5.84 Å². The minimum Gasteiger partial charge on any atom is -0.491 e. The van der Waals surface area contributed by atoms with Crippen LogP contribution in [-0.4, -0.2) is 24.0 Å². The van der Waals surface area contributed by atoms with Crippen molar-refractivity contribution in [1.82, 2.24) is 4.98 Å². The van der Waals surface area contributed by atoms with Crippen molar-refractivity contribution in [3.05, 3.63) is 53.7 Å². The van der Waals surface area contributed by atoms with Gasteiger partial charge in [-0.3, -0.25) is 5.41 Å². The van der Waals surface area contributed by atoms with Gasteiger partial charge in [0, 0.05) is 23.9 Å². The molecule has 0 spiro atoms. The smallest absolute Gasteiger partial charge is 0.129 e. The summed E-state index contributed by atoms with van der Waals surface area (Å²) in [7, 11) is 0. The standard InChI is InChI=1S/C15H16N4O/c16-15(17)11-5-6-18-14(9-11)19-7-8-20-13-4-2-1-3-12(13)10-19/h1-6,9H,7-8,10H2,(H3,16,17). The third kappa shape index (κ3) is 2.42. The largest absolute Gasteiger partial charge is 0.491 e. The molecule has 1 aromatic heterocycles. The maximum atomic E-state index is 7.51. The van der Waals surface area contributed by atoms with Crippen molar-refractivity contribution in [1.29, 1.82) is 5.41 Å². The van der Waals surface area contributed by atoms with Crippen LogP contribution in [0.3, 0.4) is 0 Å². The van der Waals surface area contributed by atoms with E-state index >= 15 is 0 Å². The van der Waals surface area contributed by atoms with Gasteiger partial charge in [0.15, 0.2) is 0 Å². The molecule has 0 saturated heterocycles. The minimum absolute atomic E-state index is 0.0557. The van der Waals surface area contributed by atoms with Crippen molar-refractivity contribution in [3.63, 3.8) is 0 Å². The van der Waals surface area contributed by atoms with E-state index in [1.54, 1.807) is 12.3 Å². The van der Waals surface area contributed by atoms with Gasteiger partial charge >= 0.3 is 0 Å². The average molecular weight is 268 g/mol. The Morgan fingerprint density at radius 3 is 3.00 bits per heavy atom. The minimum atomic E-state index is 0.0557. The third-order valence-electron chi connectivity index (χ3n) is 3.33. The monoisotopic (exact) mass is 268 g/mol. The summed E-state index contributed by atoms with van der Waals surface area (Å²) in [4.78, 5) is 6.52. The van der Waals surface area contributed by atoms with E-state index in [1.165, 1.54) is 0 Å². The van der Waals surface area contributed by atoms with E-state index in [9.17, 15) is 0 Å². The Labute approximate surface area is 117 Å². The van der Waals surface area contributed by atoms with Gasteiger partial charge in [0.25, 0.3) is 0 Å². The lowest BCUT2D eigenvalue weighted by molar-refractivity contribution is 0.331. The molecule has 0 fully saturated rings. The zero-order valence-electron chi connectivity index (χ0n) is 11.0. The number of hydrogen-bond acceptors (Lipinski definition) is 4. The molecule has 1 aromatic carbocycles. The number of benzene rings is 1. The average Bonchev–Trinajstić information content (AvgIpc) is 2.69. The highest BCUT2D eigenvalue weighted by Crippen LogP contribution is 2.25. The summed E-state index contributed by atoms with van der Waals surface area (Å²) in [5.41, 5.74) is 7.36. The van der Waals surface area contributed by atoms with Gasteiger partial charge < -0.3 is 15.4 Å². The van der Waals surface area contributed by atoms with Crippen LogP contribution < -0.4 is 15.4 Å². The molecule has 0 atom stereocenters. The predicted octanol–water partition coefficient (Wildman–Crippen LogP) is 1.76. The molecule has 2 aromatic rings. The summed E-state index contributed by atoms with van der Waals surface area (Å²) in [6, 6.07) is 11.6. The summed E-state index contributed by atoms with van der Waals surface area (Å²) in [6.45, 7) is 2.11. The second-order valence-electron chi connectivity index (χ2n) is 4.69. The lowest BCUT2D eigenvalue weighted by Crippen LogP contribution is -2.26. The number of nitrogens with zero attached hydrogens (tertiary/aromatic N) is 2. The first-order valence-electron chi connectivity index (χ1n) is 6.50. The molecule has 0 radical (unpaired) electrons. The van der Waals surface area contributed by atoms with Crippen molar-refractivity contribution >= 4 is 11.7 Å². The van der Waals surface area contributed by atoms with E-state index in [0.29, 0.717) is 12.2 Å². The molecule has 5 nitrogen and oxygen atoms in total. The molecule has 3 rings (SSSR count). The van der Waals surface area contributed by atoms with Crippen LogP contribution in [0.5, 0.6) is 5.75 Å². The number of fused-ring (bicyclic) bond motifs is 1. The van der Waals surface area contributed by atoms with Gasteiger partial charge in [-0.15, -0.1) is 0 Å². The van der Waals surface area contributed by atoms with Crippen LogP contribution >= 0.6 is 0 Å². The van der Waals surface area contributed by atoms with E-state index < -0.39 is 0 Å². The number of aromatic nitrogens is 1. The molecule has 1 aliphatic rings. The van der Waals surface area contributed by atoms with Crippen LogP contribution in [0.25, 0.3) is 0 Å². The molecule has 3 N–H and O–H groups in total. The van der Waals surface area contributed by atoms with Crippen LogP contribution in [0.2, 0.25) is 0 Å². The molecule has 2 heterocycles. The van der Waals surface area contributed by atoms with Crippen LogP contribution in [0, 0.1) is 5.41 Å². The fourth-order valence-electron chi connectivity index (χ4n) is 2.28. The first kappa shape index (κ1) is 12.5.